The molecule has 6 nitrogen and oxygen atoms in total. The summed E-state index contributed by atoms with van der Waals surface area (Å²) in [5.41, 5.74) is 0.496. The number of carboxylic acids is 1. The lowest BCUT2D eigenvalue weighted by Gasteiger charge is -2.24. The molecule has 1 aliphatic heterocycles. The molecule has 0 saturated carbocycles. The van der Waals surface area contributed by atoms with E-state index in [9.17, 15) is 9.59 Å². The SMILES string of the molecule is O=C(O)C[C@H]1Nc2nc(Cl)ccc2NC1=O. The Balaban J connectivity index is 2.26. The molecule has 1 amide bonds. The van der Waals surface area contributed by atoms with Gasteiger partial charge in [0.15, 0.2) is 5.82 Å². The number of nitrogens with zero attached hydrogens (tertiary/aromatic N) is 1. The van der Waals surface area contributed by atoms with Crippen LogP contribution in [0.15, 0.2) is 12.1 Å². The molecule has 2 rings (SSSR count). The summed E-state index contributed by atoms with van der Waals surface area (Å²) in [7, 11) is 0. The highest BCUT2D eigenvalue weighted by atomic mass is 35.5. The molecule has 0 radical (unpaired) electrons. The number of carbonyl (C=O) groups excluding carboxylic acids is 1. The Morgan fingerprint density at radius 1 is 1.56 bits per heavy atom. The molecule has 3 N–H and O–H groups in total. The van der Waals surface area contributed by atoms with Crippen LogP contribution in [0.2, 0.25) is 5.15 Å². The zero-order valence-corrected chi connectivity index (χ0v) is 8.78. The molecule has 0 aliphatic carbocycles. The van der Waals surface area contributed by atoms with Gasteiger partial charge in [-0.15, -0.1) is 0 Å². The molecule has 1 aliphatic rings. The van der Waals surface area contributed by atoms with Crippen molar-refractivity contribution < 1.29 is 14.7 Å². The summed E-state index contributed by atoms with van der Waals surface area (Å²) in [6.07, 6.45) is -0.306. The quantitative estimate of drug-likeness (QED) is 0.671. The Bertz CT molecular complexity index is 463. The van der Waals surface area contributed by atoms with Crippen molar-refractivity contribution in [2.75, 3.05) is 10.6 Å². The van der Waals surface area contributed by atoms with Crippen LogP contribution >= 0.6 is 11.6 Å². The van der Waals surface area contributed by atoms with Crippen molar-refractivity contribution in [3.8, 4) is 0 Å². The first kappa shape index (κ1) is 10.7. The van der Waals surface area contributed by atoms with Crippen molar-refractivity contribution in [2.24, 2.45) is 0 Å². The van der Waals surface area contributed by atoms with Crippen molar-refractivity contribution >= 4 is 35.0 Å². The molecule has 7 heteroatoms. The van der Waals surface area contributed by atoms with Crippen LogP contribution in [0.3, 0.4) is 0 Å². The number of hydrogen-bond donors (Lipinski definition) is 3. The second-order valence-electron chi connectivity index (χ2n) is 3.31. The Morgan fingerprint density at radius 3 is 3.00 bits per heavy atom. The summed E-state index contributed by atoms with van der Waals surface area (Å²) in [6, 6.07) is 2.32. The van der Waals surface area contributed by atoms with E-state index in [2.05, 4.69) is 15.6 Å². The van der Waals surface area contributed by atoms with Gasteiger partial charge in [0.25, 0.3) is 0 Å². The van der Waals surface area contributed by atoms with Crippen LogP contribution in [0, 0.1) is 0 Å². The fourth-order valence-corrected chi connectivity index (χ4v) is 1.56. The molecule has 1 aromatic rings. The third kappa shape index (κ3) is 2.06. The zero-order chi connectivity index (χ0) is 11.7. The Labute approximate surface area is 95.6 Å². The van der Waals surface area contributed by atoms with Crippen LogP contribution in [-0.2, 0) is 9.59 Å². The molecule has 0 unspecified atom stereocenters. The third-order valence-electron chi connectivity index (χ3n) is 2.13. The zero-order valence-electron chi connectivity index (χ0n) is 8.03. The molecule has 84 valence electrons. The van der Waals surface area contributed by atoms with Gasteiger partial charge in [-0.2, -0.15) is 0 Å². The fourth-order valence-electron chi connectivity index (χ4n) is 1.42. The molecule has 0 aromatic carbocycles. The van der Waals surface area contributed by atoms with Gasteiger partial charge in [-0.3, -0.25) is 9.59 Å². The van der Waals surface area contributed by atoms with Gasteiger partial charge in [-0.05, 0) is 12.1 Å². The topological polar surface area (TPSA) is 91.3 Å². The lowest BCUT2D eigenvalue weighted by Crippen LogP contribution is -2.40. The normalized spacial score (nSPS) is 18.3. The average molecular weight is 242 g/mol. The summed E-state index contributed by atoms with van der Waals surface area (Å²) in [5, 5.41) is 14.2. The molecular formula is C9H8ClN3O3. The van der Waals surface area contributed by atoms with Gasteiger partial charge in [0, 0.05) is 0 Å². The van der Waals surface area contributed by atoms with Crippen LogP contribution in [0.5, 0.6) is 0 Å². The smallest absolute Gasteiger partial charge is 0.305 e. The molecule has 0 saturated heterocycles. The van der Waals surface area contributed by atoms with Crippen molar-refractivity contribution in [3.63, 3.8) is 0 Å². The molecule has 1 aromatic heterocycles. The molecule has 0 fully saturated rings. The van der Waals surface area contributed by atoms with Crippen LogP contribution in [0.4, 0.5) is 11.5 Å². The summed E-state index contributed by atoms with van der Waals surface area (Å²) in [5.74, 6) is -1.06. The first-order chi connectivity index (χ1) is 7.56. The van der Waals surface area contributed by atoms with Gasteiger partial charge < -0.3 is 15.7 Å². The number of halogens is 1. The monoisotopic (exact) mass is 241 g/mol. The number of carboxylic acid groups (broad SMARTS) is 1. The van der Waals surface area contributed by atoms with Crippen LogP contribution in [0.1, 0.15) is 6.42 Å². The van der Waals surface area contributed by atoms with E-state index in [0.717, 1.165) is 0 Å². The highest BCUT2D eigenvalue weighted by Gasteiger charge is 2.28. The summed E-state index contributed by atoms with van der Waals surface area (Å²) >= 11 is 5.69. The van der Waals surface area contributed by atoms with E-state index >= 15 is 0 Å². The number of rotatable bonds is 2. The van der Waals surface area contributed by atoms with Crippen molar-refractivity contribution in [1.82, 2.24) is 4.98 Å². The Hall–Kier alpha value is -1.82. The number of carbonyl (C=O) groups is 2. The second kappa shape index (κ2) is 3.97. The number of pyridine rings is 1. The largest absolute Gasteiger partial charge is 0.481 e. The predicted molar refractivity (Wildman–Crippen MR) is 57.5 cm³/mol. The maximum absolute atomic E-state index is 11.5. The number of anilines is 2. The van der Waals surface area contributed by atoms with E-state index < -0.39 is 12.0 Å². The number of aromatic nitrogens is 1. The van der Waals surface area contributed by atoms with Crippen molar-refractivity contribution in [1.29, 1.82) is 0 Å². The fraction of sp³-hybridized carbons (Fsp3) is 0.222. The van der Waals surface area contributed by atoms with E-state index in [1.165, 1.54) is 0 Å². The third-order valence-corrected chi connectivity index (χ3v) is 2.34. The van der Waals surface area contributed by atoms with Gasteiger partial charge >= 0.3 is 5.97 Å². The number of aliphatic carboxylic acids is 1. The average Bonchev–Trinajstić information content (AvgIpc) is 2.19. The standard InChI is InChI=1S/C9H8ClN3O3/c10-6-2-1-4-8(13-6)11-5(3-7(14)15)9(16)12-4/h1-2,5H,3H2,(H,11,13)(H,12,16)(H,14,15)/t5-/m1/s1. The Kier molecular flexibility index (Phi) is 2.66. The van der Waals surface area contributed by atoms with Gasteiger partial charge in [0.2, 0.25) is 5.91 Å². The number of hydrogen-bond acceptors (Lipinski definition) is 4. The Morgan fingerprint density at radius 2 is 2.31 bits per heavy atom. The van der Waals surface area contributed by atoms with E-state index in [1.54, 1.807) is 12.1 Å². The highest BCUT2D eigenvalue weighted by molar-refractivity contribution is 6.29. The first-order valence-corrected chi connectivity index (χ1v) is 4.90. The molecular weight excluding hydrogens is 234 g/mol. The first-order valence-electron chi connectivity index (χ1n) is 4.52. The minimum atomic E-state index is -1.06. The van der Waals surface area contributed by atoms with Crippen molar-refractivity contribution in [2.45, 2.75) is 12.5 Å². The number of fused-ring (bicyclic) bond motifs is 1. The highest BCUT2D eigenvalue weighted by Crippen LogP contribution is 2.26. The van der Waals surface area contributed by atoms with Gasteiger partial charge in [0.1, 0.15) is 11.2 Å². The summed E-state index contributed by atoms with van der Waals surface area (Å²) < 4.78 is 0. The molecule has 1 atom stereocenters. The van der Waals surface area contributed by atoms with Crippen LogP contribution in [0.25, 0.3) is 0 Å². The van der Waals surface area contributed by atoms with E-state index in [4.69, 9.17) is 16.7 Å². The van der Waals surface area contributed by atoms with Crippen molar-refractivity contribution in [3.05, 3.63) is 17.3 Å². The minimum Gasteiger partial charge on any atom is -0.481 e. The lowest BCUT2D eigenvalue weighted by molar-refractivity contribution is -0.138. The summed E-state index contributed by atoms with van der Waals surface area (Å²) in [6.45, 7) is 0. The van der Waals surface area contributed by atoms with E-state index in [-0.39, 0.29) is 17.5 Å². The number of amides is 1. The lowest BCUT2D eigenvalue weighted by atomic mass is 10.1. The number of nitrogens with one attached hydrogen (secondary N) is 2. The van der Waals surface area contributed by atoms with Crippen LogP contribution in [-0.4, -0.2) is 28.0 Å². The van der Waals surface area contributed by atoms with Gasteiger partial charge in [0.05, 0.1) is 12.1 Å². The minimum absolute atomic E-state index is 0.275. The van der Waals surface area contributed by atoms with Crippen LogP contribution < -0.4 is 10.6 Å². The predicted octanol–water partition coefficient (Wildman–Crippen LogP) is 0.942. The molecule has 2 heterocycles. The van der Waals surface area contributed by atoms with Gasteiger partial charge in [-0.1, -0.05) is 11.6 Å². The molecule has 0 spiro atoms. The van der Waals surface area contributed by atoms with Gasteiger partial charge in [-0.25, -0.2) is 4.98 Å². The maximum Gasteiger partial charge on any atom is 0.305 e. The van der Waals surface area contributed by atoms with E-state index in [1.807, 2.05) is 0 Å². The molecule has 0 bridgehead atoms. The summed E-state index contributed by atoms with van der Waals surface area (Å²) in [4.78, 5) is 26.0. The molecule has 16 heavy (non-hydrogen) atoms. The van der Waals surface area contributed by atoms with E-state index in [0.29, 0.717) is 11.5 Å². The maximum atomic E-state index is 11.5. The second-order valence-corrected chi connectivity index (χ2v) is 3.70.